The minimum atomic E-state index is 0.274. The average molecular weight is 274 g/mol. The number of hydrogen-bond donors (Lipinski definition) is 1. The number of nitrogens with zero attached hydrogens (tertiary/aromatic N) is 1. The zero-order valence-electron chi connectivity index (χ0n) is 13.8. The Morgan fingerprint density at radius 1 is 1.20 bits per heavy atom. The Balaban J connectivity index is 2.44. The van der Waals surface area contributed by atoms with Crippen molar-refractivity contribution in [1.29, 1.82) is 0 Å². The number of benzene rings is 1. The molecule has 0 spiro atoms. The van der Waals surface area contributed by atoms with Crippen LogP contribution in [0.4, 0.5) is 0 Å². The molecule has 1 aromatic carbocycles. The van der Waals surface area contributed by atoms with Gasteiger partial charge in [0.2, 0.25) is 0 Å². The Bertz CT molecular complexity index is 445. The van der Waals surface area contributed by atoms with Crippen molar-refractivity contribution in [3.63, 3.8) is 0 Å². The number of aryl methyl sites for hydroxylation is 2. The van der Waals surface area contributed by atoms with Crippen LogP contribution in [0.5, 0.6) is 0 Å². The summed E-state index contributed by atoms with van der Waals surface area (Å²) >= 11 is 0. The lowest BCUT2D eigenvalue weighted by Gasteiger charge is -2.44. The monoisotopic (exact) mass is 274 g/mol. The summed E-state index contributed by atoms with van der Waals surface area (Å²) in [6.07, 6.45) is 5.30. The first-order chi connectivity index (χ1) is 9.51. The van der Waals surface area contributed by atoms with E-state index in [0.29, 0.717) is 6.04 Å². The van der Waals surface area contributed by atoms with E-state index in [0.717, 1.165) is 6.54 Å². The second-order valence-corrected chi connectivity index (χ2v) is 6.56. The molecule has 0 bridgehead atoms. The Kier molecular flexibility index (Phi) is 4.87. The van der Waals surface area contributed by atoms with Gasteiger partial charge in [0.15, 0.2) is 0 Å². The summed E-state index contributed by atoms with van der Waals surface area (Å²) in [5.41, 5.74) is 4.53. The predicted octanol–water partition coefficient (Wildman–Crippen LogP) is 3.83. The van der Waals surface area contributed by atoms with Gasteiger partial charge in [0, 0.05) is 5.54 Å². The first-order valence-electron chi connectivity index (χ1n) is 7.99. The van der Waals surface area contributed by atoms with Crippen molar-refractivity contribution in [3.8, 4) is 0 Å². The van der Waals surface area contributed by atoms with E-state index in [1.54, 1.807) is 0 Å². The molecular formula is C18H30N2. The van der Waals surface area contributed by atoms with Crippen LogP contribution in [0.15, 0.2) is 18.2 Å². The molecule has 0 saturated heterocycles. The van der Waals surface area contributed by atoms with Crippen molar-refractivity contribution in [3.05, 3.63) is 34.9 Å². The van der Waals surface area contributed by atoms with E-state index < -0.39 is 0 Å². The molecule has 112 valence electrons. The SMILES string of the molecule is CCNC(c1ccc(C)cc1C)C1(N(C)C)CCCC1. The third-order valence-electron chi connectivity index (χ3n) is 5.04. The fourth-order valence-corrected chi connectivity index (χ4v) is 3.92. The highest BCUT2D eigenvalue weighted by atomic mass is 15.2. The fourth-order valence-electron chi connectivity index (χ4n) is 3.92. The first-order valence-corrected chi connectivity index (χ1v) is 7.99. The van der Waals surface area contributed by atoms with Crippen LogP contribution < -0.4 is 5.32 Å². The highest BCUT2D eigenvalue weighted by Gasteiger charge is 2.43. The molecule has 1 atom stereocenters. The number of rotatable bonds is 5. The maximum absolute atomic E-state index is 3.78. The van der Waals surface area contributed by atoms with Gasteiger partial charge in [0.05, 0.1) is 6.04 Å². The lowest BCUT2D eigenvalue weighted by molar-refractivity contribution is 0.105. The summed E-state index contributed by atoms with van der Waals surface area (Å²) in [6.45, 7) is 7.67. The quantitative estimate of drug-likeness (QED) is 0.878. The smallest absolute Gasteiger partial charge is 0.0509 e. The van der Waals surface area contributed by atoms with E-state index in [1.165, 1.54) is 42.4 Å². The molecule has 2 heteroatoms. The molecule has 1 aromatic rings. The van der Waals surface area contributed by atoms with Gasteiger partial charge in [0.25, 0.3) is 0 Å². The summed E-state index contributed by atoms with van der Waals surface area (Å²) in [6, 6.07) is 7.34. The van der Waals surface area contributed by atoms with E-state index in [-0.39, 0.29) is 5.54 Å². The van der Waals surface area contributed by atoms with Gasteiger partial charge >= 0.3 is 0 Å². The largest absolute Gasteiger partial charge is 0.309 e. The highest BCUT2D eigenvalue weighted by Crippen LogP contribution is 2.44. The lowest BCUT2D eigenvalue weighted by Crippen LogP contribution is -2.52. The molecule has 0 aliphatic heterocycles. The Morgan fingerprint density at radius 3 is 2.35 bits per heavy atom. The van der Waals surface area contributed by atoms with Crippen LogP contribution in [0, 0.1) is 13.8 Å². The van der Waals surface area contributed by atoms with Crippen molar-refractivity contribution >= 4 is 0 Å². The molecule has 2 nitrogen and oxygen atoms in total. The number of nitrogens with one attached hydrogen (secondary N) is 1. The van der Waals surface area contributed by atoms with Crippen molar-refractivity contribution < 1.29 is 0 Å². The molecule has 2 rings (SSSR count). The standard InChI is InChI=1S/C18H30N2/c1-6-19-17(16-10-9-14(2)13-15(16)3)18(20(4)5)11-7-8-12-18/h9-10,13,17,19H,6-8,11-12H2,1-5H3. The van der Waals surface area contributed by atoms with Crippen LogP contribution in [-0.4, -0.2) is 31.1 Å². The topological polar surface area (TPSA) is 15.3 Å². The van der Waals surface area contributed by atoms with Gasteiger partial charge in [-0.25, -0.2) is 0 Å². The molecule has 1 fully saturated rings. The van der Waals surface area contributed by atoms with Gasteiger partial charge in [0.1, 0.15) is 0 Å². The molecule has 1 N–H and O–H groups in total. The average Bonchev–Trinajstić information content (AvgIpc) is 2.87. The number of hydrogen-bond acceptors (Lipinski definition) is 2. The zero-order valence-corrected chi connectivity index (χ0v) is 13.8. The molecule has 1 unspecified atom stereocenters. The van der Waals surface area contributed by atoms with Crippen LogP contribution in [0.25, 0.3) is 0 Å². The van der Waals surface area contributed by atoms with Gasteiger partial charge in [-0.2, -0.15) is 0 Å². The summed E-state index contributed by atoms with van der Waals surface area (Å²) in [5.74, 6) is 0. The van der Waals surface area contributed by atoms with Gasteiger partial charge in [-0.1, -0.05) is 43.5 Å². The highest BCUT2D eigenvalue weighted by molar-refractivity contribution is 5.35. The Labute approximate surface area is 124 Å². The Morgan fingerprint density at radius 2 is 1.85 bits per heavy atom. The van der Waals surface area contributed by atoms with Crippen LogP contribution in [0.1, 0.15) is 55.3 Å². The van der Waals surface area contributed by atoms with Crippen LogP contribution in [0.2, 0.25) is 0 Å². The minimum absolute atomic E-state index is 0.274. The van der Waals surface area contributed by atoms with Crippen molar-refractivity contribution in [1.82, 2.24) is 10.2 Å². The molecule has 1 aliphatic carbocycles. The molecule has 20 heavy (non-hydrogen) atoms. The van der Waals surface area contributed by atoms with E-state index >= 15 is 0 Å². The second kappa shape index (κ2) is 6.28. The van der Waals surface area contributed by atoms with Crippen LogP contribution in [-0.2, 0) is 0 Å². The van der Waals surface area contributed by atoms with E-state index in [2.05, 4.69) is 63.3 Å². The Hall–Kier alpha value is -0.860. The van der Waals surface area contributed by atoms with Crippen molar-refractivity contribution in [2.75, 3.05) is 20.6 Å². The fraction of sp³-hybridized carbons (Fsp3) is 0.667. The summed E-state index contributed by atoms with van der Waals surface area (Å²) < 4.78 is 0. The summed E-state index contributed by atoms with van der Waals surface area (Å²) in [7, 11) is 4.50. The summed E-state index contributed by atoms with van der Waals surface area (Å²) in [5, 5.41) is 3.78. The minimum Gasteiger partial charge on any atom is -0.309 e. The molecule has 0 aromatic heterocycles. The lowest BCUT2D eigenvalue weighted by atomic mass is 9.80. The third kappa shape index (κ3) is 2.77. The van der Waals surface area contributed by atoms with E-state index in [9.17, 15) is 0 Å². The van der Waals surface area contributed by atoms with Crippen molar-refractivity contribution in [2.45, 2.75) is 58.0 Å². The zero-order chi connectivity index (χ0) is 14.8. The van der Waals surface area contributed by atoms with Crippen LogP contribution >= 0.6 is 0 Å². The first kappa shape index (κ1) is 15.5. The summed E-state index contributed by atoms with van der Waals surface area (Å²) in [4.78, 5) is 2.46. The van der Waals surface area contributed by atoms with Gasteiger partial charge < -0.3 is 10.2 Å². The molecule has 0 heterocycles. The van der Waals surface area contributed by atoms with Crippen LogP contribution in [0.3, 0.4) is 0 Å². The predicted molar refractivity (Wildman–Crippen MR) is 87.2 cm³/mol. The van der Waals surface area contributed by atoms with Gasteiger partial charge in [-0.05, 0) is 58.5 Å². The van der Waals surface area contributed by atoms with Gasteiger partial charge in [-0.15, -0.1) is 0 Å². The van der Waals surface area contributed by atoms with E-state index in [1.807, 2.05) is 0 Å². The molecule has 0 radical (unpaired) electrons. The second-order valence-electron chi connectivity index (χ2n) is 6.56. The maximum Gasteiger partial charge on any atom is 0.0509 e. The number of likely N-dealkylation sites (N-methyl/N-ethyl adjacent to an activating group) is 2. The normalized spacial score (nSPS) is 19.5. The maximum atomic E-state index is 3.78. The third-order valence-corrected chi connectivity index (χ3v) is 5.04. The van der Waals surface area contributed by atoms with Crippen molar-refractivity contribution in [2.24, 2.45) is 0 Å². The molecule has 1 saturated carbocycles. The molecule has 0 amide bonds. The van der Waals surface area contributed by atoms with E-state index in [4.69, 9.17) is 0 Å². The molecule has 1 aliphatic rings. The van der Waals surface area contributed by atoms with Gasteiger partial charge in [-0.3, -0.25) is 0 Å². The molecular weight excluding hydrogens is 244 g/mol.